The second-order valence-corrected chi connectivity index (χ2v) is 7.48. The van der Waals surface area contributed by atoms with Crippen molar-refractivity contribution in [3.63, 3.8) is 0 Å². The van der Waals surface area contributed by atoms with Crippen molar-refractivity contribution < 1.29 is 4.79 Å². The third kappa shape index (κ3) is 3.95. The first-order valence-corrected chi connectivity index (χ1v) is 9.88. The van der Waals surface area contributed by atoms with E-state index in [4.69, 9.17) is 5.73 Å². The Labute approximate surface area is 160 Å². The van der Waals surface area contributed by atoms with Gasteiger partial charge >= 0.3 is 0 Å². The lowest BCUT2D eigenvalue weighted by Gasteiger charge is -2.33. The van der Waals surface area contributed by atoms with Crippen molar-refractivity contribution in [2.75, 3.05) is 31.1 Å². The first-order valence-electron chi connectivity index (χ1n) is 9.88. The molecule has 0 spiro atoms. The summed E-state index contributed by atoms with van der Waals surface area (Å²) in [6, 6.07) is 11.2. The lowest BCUT2D eigenvalue weighted by atomic mass is 9.92. The molecule has 0 radical (unpaired) electrons. The number of nitrogens with zero attached hydrogens (tertiary/aromatic N) is 4. The standard InChI is InChI=1S/C21H27N5O/c22-20(17-6-2-1-3-7-17)21(27)26-12-8-16(9-13-26)18-14-19(24-15-23-18)25-10-4-5-11-25/h1-3,6-7,14-16,20H,4-5,8-13,22H2. The summed E-state index contributed by atoms with van der Waals surface area (Å²) < 4.78 is 0. The van der Waals surface area contributed by atoms with E-state index in [1.54, 1.807) is 6.33 Å². The molecule has 2 aliphatic heterocycles. The van der Waals surface area contributed by atoms with Crippen LogP contribution < -0.4 is 10.6 Å². The fourth-order valence-electron chi connectivity index (χ4n) is 4.10. The van der Waals surface area contributed by atoms with E-state index in [1.807, 2.05) is 35.2 Å². The van der Waals surface area contributed by atoms with Crippen LogP contribution in [0.4, 0.5) is 5.82 Å². The monoisotopic (exact) mass is 365 g/mol. The van der Waals surface area contributed by atoms with Gasteiger partial charge in [-0.3, -0.25) is 4.79 Å². The smallest absolute Gasteiger partial charge is 0.244 e. The molecule has 1 aromatic heterocycles. The number of amides is 1. The van der Waals surface area contributed by atoms with Crippen LogP contribution in [0, 0.1) is 0 Å². The van der Waals surface area contributed by atoms with Crippen LogP contribution in [0.2, 0.25) is 0 Å². The Kier molecular flexibility index (Phi) is 5.34. The number of piperidine rings is 1. The van der Waals surface area contributed by atoms with Crippen molar-refractivity contribution in [3.05, 3.63) is 54.0 Å². The third-order valence-corrected chi connectivity index (χ3v) is 5.75. The Hall–Kier alpha value is -2.47. The maximum atomic E-state index is 12.7. The molecule has 142 valence electrons. The average molecular weight is 365 g/mol. The molecule has 0 saturated carbocycles. The molecule has 2 fully saturated rings. The minimum Gasteiger partial charge on any atom is -0.357 e. The molecule has 0 bridgehead atoms. The van der Waals surface area contributed by atoms with Gasteiger partial charge in [0, 0.05) is 43.9 Å². The van der Waals surface area contributed by atoms with Gasteiger partial charge in [-0.25, -0.2) is 9.97 Å². The molecule has 2 N–H and O–H groups in total. The van der Waals surface area contributed by atoms with Gasteiger partial charge in [-0.05, 0) is 31.2 Å². The quantitative estimate of drug-likeness (QED) is 0.901. The number of likely N-dealkylation sites (tertiary alicyclic amines) is 1. The summed E-state index contributed by atoms with van der Waals surface area (Å²) in [5.74, 6) is 1.44. The first-order chi connectivity index (χ1) is 13.2. The molecule has 6 nitrogen and oxygen atoms in total. The van der Waals surface area contributed by atoms with Crippen LogP contribution in [0.15, 0.2) is 42.7 Å². The fourth-order valence-corrected chi connectivity index (χ4v) is 4.10. The van der Waals surface area contributed by atoms with Crippen molar-refractivity contribution in [2.45, 2.75) is 37.6 Å². The maximum absolute atomic E-state index is 12.7. The van der Waals surface area contributed by atoms with Gasteiger partial charge in [0.05, 0.1) is 0 Å². The summed E-state index contributed by atoms with van der Waals surface area (Å²) in [5.41, 5.74) is 8.16. The number of carbonyl (C=O) groups excluding carboxylic acids is 1. The Morgan fingerprint density at radius 3 is 2.44 bits per heavy atom. The third-order valence-electron chi connectivity index (χ3n) is 5.75. The Morgan fingerprint density at radius 2 is 1.74 bits per heavy atom. The number of hydrogen-bond acceptors (Lipinski definition) is 5. The minimum absolute atomic E-state index is 0.0140. The van der Waals surface area contributed by atoms with E-state index in [-0.39, 0.29) is 5.91 Å². The second kappa shape index (κ2) is 8.05. The number of rotatable bonds is 4. The van der Waals surface area contributed by atoms with Gasteiger partial charge < -0.3 is 15.5 Å². The summed E-state index contributed by atoms with van der Waals surface area (Å²) in [6.07, 6.45) is 6.00. The van der Waals surface area contributed by atoms with Crippen molar-refractivity contribution in [1.29, 1.82) is 0 Å². The predicted molar refractivity (Wildman–Crippen MR) is 105 cm³/mol. The summed E-state index contributed by atoms with van der Waals surface area (Å²) in [7, 11) is 0. The highest BCUT2D eigenvalue weighted by molar-refractivity contribution is 5.83. The van der Waals surface area contributed by atoms with E-state index in [9.17, 15) is 4.79 Å². The molecule has 4 rings (SSSR count). The van der Waals surface area contributed by atoms with Crippen molar-refractivity contribution in [2.24, 2.45) is 5.73 Å². The van der Waals surface area contributed by atoms with Gasteiger partial charge in [0.1, 0.15) is 18.2 Å². The zero-order valence-electron chi connectivity index (χ0n) is 15.6. The highest BCUT2D eigenvalue weighted by atomic mass is 16.2. The Balaban J connectivity index is 1.37. The van der Waals surface area contributed by atoms with Crippen LogP contribution in [0.3, 0.4) is 0 Å². The number of hydrogen-bond donors (Lipinski definition) is 1. The molecule has 3 heterocycles. The van der Waals surface area contributed by atoms with Crippen LogP contribution in [0.5, 0.6) is 0 Å². The molecule has 0 aliphatic carbocycles. The maximum Gasteiger partial charge on any atom is 0.244 e. The molecular weight excluding hydrogens is 338 g/mol. The minimum atomic E-state index is -0.580. The van der Waals surface area contributed by atoms with E-state index in [2.05, 4.69) is 20.9 Å². The topological polar surface area (TPSA) is 75.4 Å². The largest absolute Gasteiger partial charge is 0.357 e. The molecule has 1 aromatic carbocycles. The SMILES string of the molecule is NC(C(=O)N1CCC(c2cc(N3CCCC3)ncn2)CC1)c1ccccc1. The predicted octanol–water partition coefficient (Wildman–Crippen LogP) is 2.48. The average Bonchev–Trinajstić information content (AvgIpc) is 3.29. The van der Waals surface area contributed by atoms with E-state index < -0.39 is 6.04 Å². The number of nitrogens with two attached hydrogens (primary N) is 1. The molecule has 2 aromatic rings. The lowest BCUT2D eigenvalue weighted by molar-refractivity contribution is -0.133. The fraction of sp³-hybridized carbons (Fsp3) is 0.476. The molecule has 1 amide bonds. The number of carbonyl (C=O) groups is 1. The summed E-state index contributed by atoms with van der Waals surface area (Å²) >= 11 is 0. The molecule has 6 heteroatoms. The van der Waals surface area contributed by atoms with Crippen molar-refractivity contribution in [1.82, 2.24) is 14.9 Å². The van der Waals surface area contributed by atoms with Crippen LogP contribution in [-0.4, -0.2) is 47.0 Å². The van der Waals surface area contributed by atoms with E-state index >= 15 is 0 Å². The molecule has 27 heavy (non-hydrogen) atoms. The molecule has 1 unspecified atom stereocenters. The van der Waals surface area contributed by atoms with Gasteiger partial charge in [-0.1, -0.05) is 30.3 Å². The number of benzene rings is 1. The van der Waals surface area contributed by atoms with Crippen LogP contribution in [-0.2, 0) is 4.79 Å². The van der Waals surface area contributed by atoms with Gasteiger partial charge in [0.15, 0.2) is 0 Å². The first kappa shape index (κ1) is 17.9. The van der Waals surface area contributed by atoms with Crippen LogP contribution >= 0.6 is 0 Å². The summed E-state index contributed by atoms with van der Waals surface area (Å²) in [5, 5.41) is 0. The van der Waals surface area contributed by atoms with Gasteiger partial charge in [-0.15, -0.1) is 0 Å². The Morgan fingerprint density at radius 1 is 1.04 bits per heavy atom. The van der Waals surface area contributed by atoms with Crippen LogP contribution in [0.1, 0.15) is 48.9 Å². The van der Waals surface area contributed by atoms with Crippen molar-refractivity contribution >= 4 is 11.7 Å². The van der Waals surface area contributed by atoms with Gasteiger partial charge in [0.2, 0.25) is 5.91 Å². The molecule has 2 saturated heterocycles. The highest BCUT2D eigenvalue weighted by Gasteiger charge is 2.28. The summed E-state index contributed by atoms with van der Waals surface area (Å²) in [6.45, 7) is 3.63. The van der Waals surface area contributed by atoms with E-state index in [0.717, 1.165) is 56.1 Å². The normalized spacial score (nSPS) is 19.3. The highest BCUT2D eigenvalue weighted by Crippen LogP contribution is 2.29. The van der Waals surface area contributed by atoms with Gasteiger partial charge in [0.25, 0.3) is 0 Å². The van der Waals surface area contributed by atoms with Crippen LogP contribution in [0.25, 0.3) is 0 Å². The molecule has 1 atom stereocenters. The number of anilines is 1. The zero-order chi connectivity index (χ0) is 18.6. The zero-order valence-corrected chi connectivity index (χ0v) is 15.6. The molecular formula is C21H27N5O. The van der Waals surface area contributed by atoms with E-state index in [0.29, 0.717) is 5.92 Å². The van der Waals surface area contributed by atoms with Gasteiger partial charge in [-0.2, -0.15) is 0 Å². The number of aromatic nitrogens is 2. The second-order valence-electron chi connectivity index (χ2n) is 7.48. The molecule has 2 aliphatic rings. The van der Waals surface area contributed by atoms with Crippen molar-refractivity contribution in [3.8, 4) is 0 Å². The Bertz CT molecular complexity index is 767. The lowest BCUT2D eigenvalue weighted by Crippen LogP contribution is -2.43. The van der Waals surface area contributed by atoms with E-state index in [1.165, 1.54) is 12.8 Å². The summed E-state index contributed by atoms with van der Waals surface area (Å²) in [4.78, 5) is 25.9.